The van der Waals surface area contributed by atoms with Crippen LogP contribution in [0.2, 0.25) is 0 Å². The maximum Gasteiger partial charge on any atom is 0.298 e. The first-order chi connectivity index (χ1) is 12.5. The number of rotatable bonds is 8. The number of halogens is 5. The zero-order chi connectivity index (χ0) is 22.1. The molecule has 0 heterocycles. The average Bonchev–Trinajstić information content (AvgIpc) is 2.54. The van der Waals surface area contributed by atoms with Gasteiger partial charge in [-0.3, -0.25) is 0 Å². The smallest absolute Gasteiger partial charge is 0.298 e. The summed E-state index contributed by atoms with van der Waals surface area (Å²) in [5.41, 5.74) is -5.13. The Kier molecular flexibility index (Phi) is 7.70. The van der Waals surface area contributed by atoms with Gasteiger partial charge in [-0.25, -0.2) is 26.5 Å². The number of nitrogens with one attached hydrogen (secondary N) is 1. The first kappa shape index (κ1) is 25.3. The largest absolute Gasteiger partial charge is 0.365 e. The molecule has 0 fully saturated rings. The summed E-state index contributed by atoms with van der Waals surface area (Å²) in [5, 5.41) is 0. The van der Waals surface area contributed by atoms with Crippen molar-refractivity contribution in [1.29, 1.82) is 0 Å². The average molecular weight is 488 g/mol. The van der Waals surface area contributed by atoms with Crippen LogP contribution in [-0.4, -0.2) is 27.1 Å². The SMILES string of the molecule is C=CCOC(C)(C)C(F)(F)C(C)(NS(=O)C(C)(C)C)c1cc(Br)c(F)cc1F. The maximum absolute atomic E-state index is 15.8. The molecule has 0 radical (unpaired) electrons. The van der Waals surface area contributed by atoms with Crippen LogP contribution < -0.4 is 4.72 Å². The molecule has 28 heavy (non-hydrogen) atoms. The van der Waals surface area contributed by atoms with Crippen LogP contribution in [0.5, 0.6) is 0 Å². The van der Waals surface area contributed by atoms with Gasteiger partial charge in [-0.05, 0) is 63.5 Å². The molecular formula is C19H26BrF4NO2S. The Balaban J connectivity index is 3.72. The predicted molar refractivity (Wildman–Crippen MR) is 108 cm³/mol. The van der Waals surface area contributed by atoms with Crippen molar-refractivity contribution in [3.05, 3.63) is 46.5 Å². The Bertz CT molecular complexity index is 765. The Morgan fingerprint density at radius 2 is 1.68 bits per heavy atom. The van der Waals surface area contributed by atoms with Gasteiger partial charge in [0.15, 0.2) is 0 Å². The fraction of sp³-hybridized carbons (Fsp3) is 0.579. The van der Waals surface area contributed by atoms with Crippen LogP contribution in [0.25, 0.3) is 0 Å². The van der Waals surface area contributed by atoms with Crippen LogP contribution >= 0.6 is 15.9 Å². The van der Waals surface area contributed by atoms with Gasteiger partial charge in [0.1, 0.15) is 22.8 Å². The minimum Gasteiger partial charge on any atom is -0.365 e. The lowest BCUT2D eigenvalue weighted by Crippen LogP contribution is -2.65. The molecule has 0 bridgehead atoms. The fourth-order valence-electron chi connectivity index (χ4n) is 2.49. The van der Waals surface area contributed by atoms with Gasteiger partial charge in [0.2, 0.25) is 0 Å². The van der Waals surface area contributed by atoms with E-state index in [9.17, 15) is 13.0 Å². The van der Waals surface area contributed by atoms with Crippen molar-refractivity contribution < 1.29 is 26.5 Å². The van der Waals surface area contributed by atoms with Crippen molar-refractivity contribution in [2.75, 3.05) is 6.61 Å². The highest BCUT2D eigenvalue weighted by molar-refractivity contribution is 9.10. The second kappa shape index (κ2) is 8.53. The van der Waals surface area contributed by atoms with Crippen LogP contribution in [0, 0.1) is 11.6 Å². The highest BCUT2D eigenvalue weighted by atomic mass is 79.9. The van der Waals surface area contributed by atoms with Crippen molar-refractivity contribution in [2.24, 2.45) is 0 Å². The van der Waals surface area contributed by atoms with E-state index in [2.05, 4.69) is 27.2 Å². The summed E-state index contributed by atoms with van der Waals surface area (Å²) < 4.78 is 79.2. The summed E-state index contributed by atoms with van der Waals surface area (Å²) in [4.78, 5) is 0. The molecule has 0 aromatic heterocycles. The summed E-state index contributed by atoms with van der Waals surface area (Å²) in [6, 6.07) is 1.43. The minimum absolute atomic E-state index is 0.170. The lowest BCUT2D eigenvalue weighted by molar-refractivity contribution is -0.224. The van der Waals surface area contributed by atoms with E-state index in [4.69, 9.17) is 4.74 Å². The van der Waals surface area contributed by atoms with Gasteiger partial charge in [0, 0.05) is 11.6 Å². The normalized spacial score (nSPS) is 16.5. The van der Waals surface area contributed by atoms with E-state index in [1.807, 2.05) is 0 Å². The molecular weight excluding hydrogens is 462 g/mol. The molecule has 1 aromatic rings. The van der Waals surface area contributed by atoms with Gasteiger partial charge in [0.25, 0.3) is 5.92 Å². The third-order valence-corrected chi connectivity index (χ3v) is 6.66. The zero-order valence-electron chi connectivity index (χ0n) is 16.8. The van der Waals surface area contributed by atoms with Gasteiger partial charge in [0.05, 0.1) is 26.8 Å². The van der Waals surface area contributed by atoms with Gasteiger partial charge < -0.3 is 4.74 Å². The van der Waals surface area contributed by atoms with Crippen molar-refractivity contribution in [3.8, 4) is 0 Å². The van der Waals surface area contributed by atoms with Crippen LogP contribution in [-0.2, 0) is 21.3 Å². The maximum atomic E-state index is 15.8. The molecule has 2 atom stereocenters. The van der Waals surface area contributed by atoms with Crippen molar-refractivity contribution in [2.45, 2.75) is 63.4 Å². The fourth-order valence-corrected chi connectivity index (χ4v) is 3.75. The minimum atomic E-state index is -3.78. The highest BCUT2D eigenvalue weighted by Crippen LogP contribution is 2.48. The number of ether oxygens (including phenoxy) is 1. The summed E-state index contributed by atoms with van der Waals surface area (Å²) in [6.07, 6.45) is 1.31. The number of hydrogen-bond acceptors (Lipinski definition) is 2. The van der Waals surface area contributed by atoms with E-state index in [-0.39, 0.29) is 11.1 Å². The van der Waals surface area contributed by atoms with E-state index in [1.54, 1.807) is 20.8 Å². The Labute approximate surface area is 174 Å². The van der Waals surface area contributed by atoms with Crippen LogP contribution in [0.15, 0.2) is 29.3 Å². The molecule has 0 aliphatic rings. The molecule has 0 aliphatic carbocycles. The standard InChI is InChI=1S/C19H26BrF4NO2S/c1-8-9-27-17(5,6)19(23,24)18(7,25-28(26)16(2,3)4)12-10-13(20)15(22)11-14(12)21/h8,10-11,25H,1,9H2,2-7H3. The summed E-state index contributed by atoms with van der Waals surface area (Å²) in [7, 11) is -2.00. The van der Waals surface area contributed by atoms with Crippen molar-refractivity contribution in [1.82, 2.24) is 4.72 Å². The molecule has 2 unspecified atom stereocenters. The molecule has 0 aliphatic heterocycles. The van der Waals surface area contributed by atoms with Gasteiger partial charge in [-0.1, -0.05) is 6.08 Å². The first-order valence-electron chi connectivity index (χ1n) is 8.48. The molecule has 160 valence electrons. The zero-order valence-corrected chi connectivity index (χ0v) is 19.2. The Morgan fingerprint density at radius 1 is 1.14 bits per heavy atom. The summed E-state index contributed by atoms with van der Waals surface area (Å²) >= 11 is 2.90. The molecule has 1 N–H and O–H groups in total. The summed E-state index contributed by atoms with van der Waals surface area (Å²) in [6.45, 7) is 11.4. The van der Waals surface area contributed by atoms with Crippen molar-refractivity contribution in [3.63, 3.8) is 0 Å². The predicted octanol–water partition coefficient (Wildman–Crippen LogP) is 5.61. The molecule has 0 saturated carbocycles. The van der Waals surface area contributed by atoms with Crippen molar-refractivity contribution >= 4 is 26.9 Å². The molecule has 9 heteroatoms. The molecule has 3 nitrogen and oxygen atoms in total. The lowest BCUT2D eigenvalue weighted by Gasteiger charge is -2.46. The summed E-state index contributed by atoms with van der Waals surface area (Å²) in [5.74, 6) is -5.91. The van der Waals surface area contributed by atoms with Gasteiger partial charge >= 0.3 is 0 Å². The van der Waals surface area contributed by atoms with E-state index < -0.39 is 50.0 Å². The van der Waals surface area contributed by atoms with Gasteiger partial charge in [-0.2, -0.15) is 0 Å². The molecule has 0 amide bonds. The van der Waals surface area contributed by atoms with E-state index in [0.717, 1.165) is 26.8 Å². The number of hydrogen-bond donors (Lipinski definition) is 1. The monoisotopic (exact) mass is 487 g/mol. The van der Waals surface area contributed by atoms with E-state index in [0.29, 0.717) is 6.07 Å². The third kappa shape index (κ3) is 4.86. The number of benzene rings is 1. The second-order valence-corrected chi connectivity index (χ2v) is 10.9. The quantitative estimate of drug-likeness (QED) is 0.294. The van der Waals surface area contributed by atoms with Gasteiger partial charge in [-0.15, -0.1) is 6.58 Å². The number of alkyl halides is 2. The highest BCUT2D eigenvalue weighted by Gasteiger charge is 2.63. The van der Waals surface area contributed by atoms with E-state index >= 15 is 8.78 Å². The van der Waals surface area contributed by atoms with Crippen LogP contribution in [0.3, 0.4) is 0 Å². The molecule has 1 aromatic carbocycles. The third-order valence-electron chi connectivity index (χ3n) is 4.35. The lowest BCUT2D eigenvalue weighted by atomic mass is 9.78. The van der Waals surface area contributed by atoms with E-state index in [1.165, 1.54) is 6.08 Å². The molecule has 1 rings (SSSR count). The molecule has 0 saturated heterocycles. The Hall–Kier alpha value is -0.770. The first-order valence-corrected chi connectivity index (χ1v) is 10.4. The topological polar surface area (TPSA) is 38.3 Å². The Morgan fingerprint density at radius 3 is 2.14 bits per heavy atom. The van der Waals surface area contributed by atoms with Crippen LogP contribution in [0.1, 0.15) is 47.1 Å². The molecule has 0 spiro atoms. The van der Waals surface area contributed by atoms with Crippen LogP contribution in [0.4, 0.5) is 17.6 Å². The second-order valence-electron chi connectivity index (χ2n) is 8.04.